The Morgan fingerprint density at radius 2 is 1.58 bits per heavy atom. The van der Waals surface area contributed by atoms with Crippen LogP contribution in [0.25, 0.3) is 22.0 Å². The van der Waals surface area contributed by atoms with E-state index < -0.39 is 17.5 Å². The number of anilines is 1. The van der Waals surface area contributed by atoms with E-state index in [1.165, 1.54) is 36.4 Å². The molecule has 1 amide bonds. The van der Waals surface area contributed by atoms with E-state index in [4.69, 9.17) is 4.74 Å². The molecular weight excluding hydrogens is 577 g/mol. The largest absolute Gasteiger partial charge is 0.486 e. The Hall–Kier alpha value is -5.57. The number of aromatic amines is 1. The molecule has 0 spiro atoms. The van der Waals surface area contributed by atoms with Gasteiger partial charge in [-0.15, -0.1) is 0 Å². The van der Waals surface area contributed by atoms with Gasteiger partial charge >= 0.3 is 0 Å². The first-order valence-corrected chi connectivity index (χ1v) is 14.4. The number of carbonyl (C=O) groups excluding carboxylic acids is 1. The van der Waals surface area contributed by atoms with Gasteiger partial charge in [-0.3, -0.25) is 9.78 Å². The van der Waals surface area contributed by atoms with Crippen molar-refractivity contribution in [1.29, 1.82) is 0 Å². The van der Waals surface area contributed by atoms with Crippen LogP contribution in [-0.2, 0) is 13.0 Å². The van der Waals surface area contributed by atoms with Crippen molar-refractivity contribution in [1.82, 2.24) is 15.3 Å². The van der Waals surface area contributed by atoms with Crippen LogP contribution < -0.4 is 15.4 Å². The van der Waals surface area contributed by atoms with Crippen molar-refractivity contribution < 1.29 is 22.7 Å². The smallest absolute Gasteiger partial charge is 0.254 e. The van der Waals surface area contributed by atoms with E-state index in [0.717, 1.165) is 22.2 Å². The number of H-pyrrole nitrogens is 1. The van der Waals surface area contributed by atoms with Crippen LogP contribution in [0, 0.1) is 17.5 Å². The normalized spacial score (nSPS) is 11.7. The minimum atomic E-state index is -0.727. The summed E-state index contributed by atoms with van der Waals surface area (Å²) in [5.74, 6) is -2.26. The molecule has 1 unspecified atom stereocenters. The summed E-state index contributed by atoms with van der Waals surface area (Å²) < 4.78 is 48.9. The molecule has 9 heteroatoms. The standard InChI is InChI=1S/C36H29F3N4O2/c37-27-9-5-23(6-10-27)22-45-35-12-8-25(19-33(35)39)24-7-11-31(32(38)18-24)36(44)43-29(21-41-28-13-15-40-16-14-28)17-26-20-42-34-4-2-1-3-30(26)34/h1-16,18-20,29,42H,17,21-22H2,(H,40,41)(H,43,44). The second kappa shape index (κ2) is 13.4. The van der Waals surface area contributed by atoms with Gasteiger partial charge in [-0.25, -0.2) is 13.2 Å². The number of halogens is 3. The fourth-order valence-electron chi connectivity index (χ4n) is 5.13. The highest BCUT2D eigenvalue weighted by molar-refractivity contribution is 5.95. The molecule has 2 aromatic heterocycles. The monoisotopic (exact) mass is 606 g/mol. The van der Waals surface area contributed by atoms with Gasteiger partial charge in [-0.05, 0) is 83.3 Å². The third-order valence-corrected chi connectivity index (χ3v) is 7.50. The van der Waals surface area contributed by atoms with Gasteiger partial charge in [0.2, 0.25) is 0 Å². The number of hydrogen-bond acceptors (Lipinski definition) is 4. The molecule has 6 rings (SSSR count). The first-order chi connectivity index (χ1) is 21.9. The molecule has 6 nitrogen and oxygen atoms in total. The number of amides is 1. The minimum absolute atomic E-state index is 0.0150. The number of carbonyl (C=O) groups is 1. The number of para-hydroxylation sites is 1. The lowest BCUT2D eigenvalue weighted by Gasteiger charge is -2.20. The van der Waals surface area contributed by atoms with E-state index in [0.29, 0.717) is 29.7 Å². The minimum Gasteiger partial charge on any atom is -0.486 e. The number of nitrogens with one attached hydrogen (secondary N) is 3. The van der Waals surface area contributed by atoms with Gasteiger partial charge in [0.15, 0.2) is 11.6 Å². The lowest BCUT2D eigenvalue weighted by molar-refractivity contribution is 0.0935. The molecule has 4 aromatic carbocycles. The maximum Gasteiger partial charge on any atom is 0.254 e. The molecule has 1 atom stereocenters. The number of rotatable bonds is 11. The van der Waals surface area contributed by atoms with Gasteiger partial charge in [0.1, 0.15) is 18.2 Å². The Bertz CT molecular complexity index is 1930. The Balaban J connectivity index is 1.16. The van der Waals surface area contributed by atoms with Gasteiger partial charge in [-0.2, -0.15) is 0 Å². The molecule has 0 radical (unpaired) electrons. The number of benzene rings is 4. The van der Waals surface area contributed by atoms with Gasteiger partial charge in [0.25, 0.3) is 5.91 Å². The Kier molecular flexibility index (Phi) is 8.77. The lowest BCUT2D eigenvalue weighted by atomic mass is 10.0. The maximum atomic E-state index is 15.4. The van der Waals surface area contributed by atoms with Crippen LogP contribution in [0.2, 0.25) is 0 Å². The topological polar surface area (TPSA) is 79.0 Å². The summed E-state index contributed by atoms with van der Waals surface area (Å²) in [4.78, 5) is 20.6. The van der Waals surface area contributed by atoms with Gasteiger partial charge in [-0.1, -0.05) is 42.5 Å². The molecule has 226 valence electrons. The average molecular weight is 607 g/mol. The molecule has 0 saturated carbocycles. The highest BCUT2D eigenvalue weighted by Gasteiger charge is 2.20. The highest BCUT2D eigenvalue weighted by Crippen LogP contribution is 2.28. The van der Waals surface area contributed by atoms with Crippen molar-refractivity contribution in [2.75, 3.05) is 11.9 Å². The summed E-state index contributed by atoms with van der Waals surface area (Å²) >= 11 is 0. The van der Waals surface area contributed by atoms with E-state index in [1.807, 2.05) is 42.6 Å². The third kappa shape index (κ3) is 7.15. The quantitative estimate of drug-likeness (QED) is 0.141. The second-order valence-electron chi connectivity index (χ2n) is 10.6. The predicted octanol–water partition coefficient (Wildman–Crippen LogP) is 7.68. The van der Waals surface area contributed by atoms with Crippen LogP contribution in [0.4, 0.5) is 18.9 Å². The molecule has 3 N–H and O–H groups in total. The Labute approximate surface area is 257 Å². The van der Waals surface area contributed by atoms with Crippen molar-refractivity contribution in [3.05, 3.63) is 150 Å². The third-order valence-electron chi connectivity index (χ3n) is 7.50. The van der Waals surface area contributed by atoms with Crippen molar-refractivity contribution in [3.8, 4) is 16.9 Å². The zero-order chi connectivity index (χ0) is 31.2. The summed E-state index contributed by atoms with van der Waals surface area (Å²) in [5, 5.41) is 7.35. The second-order valence-corrected chi connectivity index (χ2v) is 10.6. The highest BCUT2D eigenvalue weighted by atomic mass is 19.1. The van der Waals surface area contributed by atoms with Crippen LogP contribution in [0.5, 0.6) is 5.75 Å². The van der Waals surface area contributed by atoms with Crippen LogP contribution in [0.1, 0.15) is 21.5 Å². The molecule has 0 aliphatic rings. The molecule has 0 bridgehead atoms. The number of pyridine rings is 1. The first-order valence-electron chi connectivity index (χ1n) is 14.4. The summed E-state index contributed by atoms with van der Waals surface area (Å²) in [6.07, 6.45) is 5.77. The summed E-state index contributed by atoms with van der Waals surface area (Å²) in [6, 6.07) is 25.4. The lowest BCUT2D eigenvalue weighted by Crippen LogP contribution is -2.41. The van der Waals surface area contributed by atoms with Crippen molar-refractivity contribution in [2.45, 2.75) is 19.1 Å². The fourth-order valence-corrected chi connectivity index (χ4v) is 5.13. The fraction of sp³-hybridized carbons (Fsp3) is 0.111. The van der Waals surface area contributed by atoms with Gasteiger partial charge in [0.05, 0.1) is 11.6 Å². The van der Waals surface area contributed by atoms with Crippen molar-refractivity contribution in [2.24, 2.45) is 0 Å². The molecule has 0 saturated heterocycles. The summed E-state index contributed by atoms with van der Waals surface area (Å²) in [6.45, 7) is 0.457. The van der Waals surface area contributed by atoms with Crippen LogP contribution in [-0.4, -0.2) is 28.5 Å². The van der Waals surface area contributed by atoms with E-state index in [2.05, 4.69) is 20.6 Å². The van der Waals surface area contributed by atoms with Gasteiger partial charge in [0, 0.05) is 41.7 Å². The zero-order valence-electron chi connectivity index (χ0n) is 24.1. The molecule has 0 aliphatic heterocycles. The summed E-state index contributed by atoms with van der Waals surface area (Å²) in [7, 11) is 0. The summed E-state index contributed by atoms with van der Waals surface area (Å²) in [5.41, 5.74) is 4.26. The maximum absolute atomic E-state index is 15.4. The van der Waals surface area contributed by atoms with E-state index in [9.17, 15) is 13.6 Å². The number of ether oxygens (including phenoxy) is 1. The Morgan fingerprint density at radius 1 is 0.844 bits per heavy atom. The average Bonchev–Trinajstić information content (AvgIpc) is 3.46. The molecule has 0 aliphatic carbocycles. The van der Waals surface area contributed by atoms with E-state index >= 15 is 4.39 Å². The predicted molar refractivity (Wildman–Crippen MR) is 169 cm³/mol. The zero-order valence-corrected chi connectivity index (χ0v) is 24.1. The first kappa shape index (κ1) is 29.5. The number of hydrogen-bond donors (Lipinski definition) is 3. The number of nitrogens with zero attached hydrogens (tertiary/aromatic N) is 1. The van der Waals surface area contributed by atoms with Crippen LogP contribution in [0.3, 0.4) is 0 Å². The SMILES string of the molecule is O=C(NC(CNc1ccncc1)Cc1c[nH]c2ccccc12)c1ccc(-c2ccc(OCc3ccc(F)cc3)c(F)c2)cc1F. The van der Waals surface area contributed by atoms with E-state index in [-0.39, 0.29) is 29.8 Å². The molecule has 45 heavy (non-hydrogen) atoms. The van der Waals surface area contributed by atoms with Crippen LogP contribution in [0.15, 0.2) is 116 Å². The van der Waals surface area contributed by atoms with E-state index in [1.54, 1.807) is 36.7 Å². The van der Waals surface area contributed by atoms with Crippen LogP contribution >= 0.6 is 0 Å². The van der Waals surface area contributed by atoms with Crippen molar-refractivity contribution in [3.63, 3.8) is 0 Å². The number of aromatic nitrogens is 2. The Morgan fingerprint density at radius 3 is 2.33 bits per heavy atom. The number of fused-ring (bicyclic) bond motifs is 1. The molecule has 2 heterocycles. The molecule has 0 fully saturated rings. The van der Waals surface area contributed by atoms with Gasteiger partial charge < -0.3 is 20.4 Å². The molecular formula is C36H29F3N4O2. The molecule has 6 aromatic rings. The van der Waals surface area contributed by atoms with Crippen molar-refractivity contribution >= 4 is 22.5 Å².